The summed E-state index contributed by atoms with van der Waals surface area (Å²) in [6, 6.07) is 6.26. The molecule has 1 nitrogen and oxygen atoms in total. The van der Waals surface area contributed by atoms with Crippen LogP contribution in [0.25, 0.3) is 0 Å². The Morgan fingerprint density at radius 3 is 2.42 bits per heavy atom. The van der Waals surface area contributed by atoms with Crippen LogP contribution in [0.5, 0.6) is 11.5 Å². The number of hydrogen-bond acceptors (Lipinski definition) is 2. The lowest BCUT2D eigenvalue weighted by Crippen LogP contribution is -2.01. The van der Waals surface area contributed by atoms with Gasteiger partial charge in [-0.3, -0.25) is 0 Å². The molecule has 0 aliphatic carbocycles. The van der Waals surface area contributed by atoms with Gasteiger partial charge in [-0.2, -0.15) is 0 Å². The second-order valence-corrected chi connectivity index (χ2v) is 6.50. The van der Waals surface area contributed by atoms with Crippen molar-refractivity contribution >= 4 is 23.4 Å². The third kappa shape index (κ3) is 2.03. The molecule has 0 unspecified atom stereocenters. The summed E-state index contributed by atoms with van der Waals surface area (Å²) in [7, 11) is 0. The fraction of sp³-hybridized carbons (Fsp3) is 0.250. The number of halogens is 1. The van der Waals surface area contributed by atoms with Crippen LogP contribution in [0.2, 0.25) is 5.02 Å². The van der Waals surface area contributed by atoms with Gasteiger partial charge in [-0.25, -0.2) is 0 Å². The quantitative estimate of drug-likeness (QED) is 0.515. The lowest BCUT2D eigenvalue weighted by molar-refractivity contribution is 0.448. The average Bonchev–Trinajstić information content (AvgIpc) is 2.34. The zero-order valence-corrected chi connectivity index (χ0v) is 13.0. The highest BCUT2D eigenvalue weighted by atomic mass is 35.5. The summed E-state index contributed by atoms with van der Waals surface area (Å²) in [5.74, 6) is 1.91. The van der Waals surface area contributed by atoms with Crippen LogP contribution >= 0.6 is 23.4 Å². The number of hydrogen-bond donors (Lipinski definition) is 0. The Morgan fingerprint density at radius 2 is 1.68 bits per heavy atom. The molecule has 0 fully saturated rings. The third-order valence-electron chi connectivity index (χ3n) is 3.41. The number of ether oxygens (including phenoxy) is 1. The summed E-state index contributed by atoms with van der Waals surface area (Å²) >= 11 is 8.04. The van der Waals surface area contributed by atoms with E-state index in [-0.39, 0.29) is 0 Å². The Hall–Kier alpha value is -1.12. The zero-order chi connectivity index (χ0) is 13.7. The summed E-state index contributed by atoms with van der Waals surface area (Å²) in [4.78, 5) is 2.34. The van der Waals surface area contributed by atoms with Gasteiger partial charge in [0, 0.05) is 5.02 Å². The molecular formula is C16H15ClOS. The maximum absolute atomic E-state index is 6.27. The molecule has 0 N–H and O–H groups in total. The summed E-state index contributed by atoms with van der Waals surface area (Å²) in [6.07, 6.45) is 0. The summed E-state index contributed by atoms with van der Waals surface area (Å²) in [5, 5.41) is 0.806. The van der Waals surface area contributed by atoms with Gasteiger partial charge in [0.15, 0.2) is 0 Å². The molecule has 0 spiro atoms. The molecule has 2 aromatic carbocycles. The molecule has 3 heteroatoms. The first-order chi connectivity index (χ1) is 8.97. The molecule has 0 bridgehead atoms. The molecule has 1 aliphatic rings. The van der Waals surface area contributed by atoms with Gasteiger partial charge in [0.05, 0.1) is 9.79 Å². The first kappa shape index (κ1) is 12.9. The number of fused-ring (bicyclic) bond motifs is 2. The molecule has 19 heavy (non-hydrogen) atoms. The van der Waals surface area contributed by atoms with Crippen molar-refractivity contribution < 1.29 is 4.74 Å². The van der Waals surface area contributed by atoms with Gasteiger partial charge >= 0.3 is 0 Å². The number of aryl methyl sites for hydroxylation is 3. The van der Waals surface area contributed by atoms with E-state index < -0.39 is 0 Å². The van der Waals surface area contributed by atoms with Crippen LogP contribution in [0, 0.1) is 27.7 Å². The van der Waals surface area contributed by atoms with Crippen LogP contribution < -0.4 is 4.74 Å². The molecule has 0 radical (unpaired) electrons. The summed E-state index contributed by atoms with van der Waals surface area (Å²) in [6.45, 7) is 8.31. The van der Waals surface area contributed by atoms with Crippen LogP contribution in [-0.2, 0) is 0 Å². The van der Waals surface area contributed by atoms with Crippen LogP contribution in [0.3, 0.4) is 0 Å². The van der Waals surface area contributed by atoms with Crippen LogP contribution in [0.1, 0.15) is 22.3 Å². The van der Waals surface area contributed by atoms with E-state index in [4.69, 9.17) is 16.3 Å². The topological polar surface area (TPSA) is 9.23 Å². The molecule has 1 aliphatic heterocycles. The highest BCUT2D eigenvalue weighted by Gasteiger charge is 2.24. The van der Waals surface area contributed by atoms with Crippen molar-refractivity contribution in [1.82, 2.24) is 0 Å². The van der Waals surface area contributed by atoms with Gasteiger partial charge in [0.1, 0.15) is 11.5 Å². The normalized spacial score (nSPS) is 12.7. The first-order valence-corrected chi connectivity index (χ1v) is 7.43. The van der Waals surface area contributed by atoms with E-state index in [0.717, 1.165) is 32.5 Å². The van der Waals surface area contributed by atoms with Crippen molar-refractivity contribution in [1.29, 1.82) is 0 Å². The Bertz CT molecular complexity index is 692. The Balaban J connectivity index is 2.22. The molecule has 0 saturated carbocycles. The Kier molecular flexibility index (Phi) is 3.03. The highest BCUT2D eigenvalue weighted by Crippen LogP contribution is 2.52. The molecule has 0 atom stereocenters. The van der Waals surface area contributed by atoms with Crippen LogP contribution in [0.15, 0.2) is 28.0 Å². The predicted octanol–water partition coefficient (Wildman–Crippen LogP) is 5.83. The van der Waals surface area contributed by atoms with E-state index in [9.17, 15) is 0 Å². The van der Waals surface area contributed by atoms with E-state index >= 15 is 0 Å². The summed E-state index contributed by atoms with van der Waals surface area (Å²) in [5.41, 5.74) is 4.66. The van der Waals surface area contributed by atoms with Gasteiger partial charge in [-0.15, -0.1) is 0 Å². The van der Waals surface area contributed by atoms with E-state index in [2.05, 4.69) is 26.0 Å². The molecule has 0 amide bonds. The average molecular weight is 291 g/mol. The number of benzene rings is 2. The van der Waals surface area contributed by atoms with E-state index in [1.54, 1.807) is 11.8 Å². The highest BCUT2D eigenvalue weighted by molar-refractivity contribution is 7.99. The standard InChI is InChI=1S/C16H15ClOS/c1-8-5-10(3)15-13(6-8)18-14-9(2)7-12(17)11(4)16(14)19-15/h5-7H,1-4H3. The van der Waals surface area contributed by atoms with Crippen molar-refractivity contribution in [2.24, 2.45) is 0 Å². The maximum Gasteiger partial charge on any atom is 0.144 e. The molecular weight excluding hydrogens is 276 g/mol. The van der Waals surface area contributed by atoms with Crippen molar-refractivity contribution in [2.45, 2.75) is 37.5 Å². The molecule has 0 aromatic heterocycles. The van der Waals surface area contributed by atoms with Crippen molar-refractivity contribution in [3.8, 4) is 11.5 Å². The fourth-order valence-corrected chi connectivity index (χ4v) is 3.90. The third-order valence-corrected chi connectivity index (χ3v) is 5.22. The van der Waals surface area contributed by atoms with Crippen LogP contribution in [-0.4, -0.2) is 0 Å². The second kappa shape index (κ2) is 4.46. The SMILES string of the molecule is Cc1cc(C)c2c(c1)Oc1c(C)cc(Cl)c(C)c1S2. The molecule has 1 heterocycles. The van der Waals surface area contributed by atoms with E-state index in [0.29, 0.717) is 0 Å². The first-order valence-electron chi connectivity index (χ1n) is 6.24. The molecule has 98 valence electrons. The van der Waals surface area contributed by atoms with Gasteiger partial charge in [0.2, 0.25) is 0 Å². The van der Waals surface area contributed by atoms with Gasteiger partial charge < -0.3 is 4.74 Å². The van der Waals surface area contributed by atoms with E-state index in [1.807, 2.05) is 19.9 Å². The lowest BCUT2D eigenvalue weighted by atomic mass is 10.1. The zero-order valence-electron chi connectivity index (χ0n) is 11.4. The largest absolute Gasteiger partial charge is 0.455 e. The Morgan fingerprint density at radius 1 is 0.947 bits per heavy atom. The lowest BCUT2D eigenvalue weighted by Gasteiger charge is -2.25. The van der Waals surface area contributed by atoms with Gasteiger partial charge in [0.25, 0.3) is 0 Å². The van der Waals surface area contributed by atoms with Crippen molar-refractivity contribution in [2.75, 3.05) is 0 Å². The van der Waals surface area contributed by atoms with Gasteiger partial charge in [-0.05, 0) is 62.1 Å². The summed E-state index contributed by atoms with van der Waals surface area (Å²) < 4.78 is 6.13. The molecule has 3 rings (SSSR count). The van der Waals surface area contributed by atoms with Crippen LogP contribution in [0.4, 0.5) is 0 Å². The van der Waals surface area contributed by atoms with Crippen molar-refractivity contribution in [3.05, 3.63) is 45.5 Å². The molecule has 0 saturated heterocycles. The minimum atomic E-state index is 0.806. The molecule has 2 aromatic rings. The monoisotopic (exact) mass is 290 g/mol. The maximum atomic E-state index is 6.27. The number of rotatable bonds is 0. The van der Waals surface area contributed by atoms with Crippen molar-refractivity contribution in [3.63, 3.8) is 0 Å². The minimum absolute atomic E-state index is 0.806. The second-order valence-electron chi connectivity index (χ2n) is 5.07. The minimum Gasteiger partial charge on any atom is -0.455 e. The van der Waals surface area contributed by atoms with Gasteiger partial charge in [-0.1, -0.05) is 29.4 Å². The fourth-order valence-electron chi connectivity index (χ4n) is 2.41. The predicted molar refractivity (Wildman–Crippen MR) is 81.0 cm³/mol. The Labute approximate surface area is 122 Å². The smallest absolute Gasteiger partial charge is 0.144 e. The van der Waals surface area contributed by atoms with E-state index in [1.165, 1.54) is 16.0 Å².